The van der Waals surface area contributed by atoms with Gasteiger partial charge in [-0.25, -0.2) is 4.79 Å². The Bertz CT molecular complexity index is 507. The zero-order valence-electron chi connectivity index (χ0n) is 10.9. The van der Waals surface area contributed by atoms with Crippen molar-refractivity contribution in [3.63, 3.8) is 0 Å². The fourth-order valence-electron chi connectivity index (χ4n) is 2.47. The third-order valence-corrected chi connectivity index (χ3v) is 4.60. The number of carbonyl (C=O) groups excluding carboxylic acids is 2. The number of rotatable bonds is 4. The van der Waals surface area contributed by atoms with Gasteiger partial charge in [0.1, 0.15) is 4.88 Å². The Morgan fingerprint density at radius 2 is 2.26 bits per heavy atom. The van der Waals surface area contributed by atoms with Crippen LogP contribution in [0.2, 0.25) is 0 Å². The predicted octanol–water partition coefficient (Wildman–Crippen LogP) is 2.22. The predicted molar refractivity (Wildman–Crippen MR) is 72.2 cm³/mol. The van der Waals surface area contributed by atoms with Crippen LogP contribution >= 0.6 is 11.3 Å². The fraction of sp³-hybridized carbons (Fsp3) is 0.571. The van der Waals surface area contributed by atoms with Gasteiger partial charge in [0, 0.05) is 29.8 Å². The van der Waals surface area contributed by atoms with Crippen LogP contribution in [0.1, 0.15) is 33.8 Å². The number of thiophene rings is 1. The van der Waals surface area contributed by atoms with E-state index < -0.39 is 0 Å². The molecule has 2 aliphatic rings. The summed E-state index contributed by atoms with van der Waals surface area (Å²) in [6, 6.07) is 4.17. The van der Waals surface area contributed by atoms with E-state index in [0.29, 0.717) is 23.9 Å². The second-order valence-corrected chi connectivity index (χ2v) is 6.64. The van der Waals surface area contributed by atoms with Gasteiger partial charge < -0.3 is 9.64 Å². The summed E-state index contributed by atoms with van der Waals surface area (Å²) in [6.45, 7) is 3.07. The summed E-state index contributed by atoms with van der Waals surface area (Å²) in [4.78, 5) is 27.3. The van der Waals surface area contributed by atoms with E-state index in [-0.39, 0.29) is 17.8 Å². The normalized spacial score (nSPS) is 22.9. The average molecular weight is 279 g/mol. The van der Waals surface area contributed by atoms with Gasteiger partial charge >= 0.3 is 5.97 Å². The summed E-state index contributed by atoms with van der Waals surface area (Å²) >= 11 is 1.44. The monoisotopic (exact) mass is 279 g/mol. The topological polar surface area (TPSA) is 46.6 Å². The number of carbonyl (C=O) groups is 2. The molecule has 1 atom stereocenters. The van der Waals surface area contributed by atoms with Crippen molar-refractivity contribution in [1.82, 2.24) is 4.90 Å². The average Bonchev–Trinajstić information content (AvgIpc) is 3.03. The molecule has 1 saturated carbocycles. The number of esters is 1. The number of ether oxygens (including phenoxy) is 1. The van der Waals surface area contributed by atoms with Gasteiger partial charge in [0.25, 0.3) is 0 Å². The van der Waals surface area contributed by atoms with Gasteiger partial charge in [-0.3, -0.25) is 4.79 Å². The smallest absolute Gasteiger partial charge is 0.348 e. The lowest BCUT2D eigenvalue weighted by atomic mass is 10.1. The van der Waals surface area contributed by atoms with Gasteiger partial charge in [-0.1, -0.05) is 0 Å². The quantitative estimate of drug-likeness (QED) is 0.794. The molecule has 1 aliphatic heterocycles. The van der Waals surface area contributed by atoms with Crippen molar-refractivity contribution in [3.05, 3.63) is 21.9 Å². The van der Waals surface area contributed by atoms with E-state index in [4.69, 9.17) is 4.74 Å². The second-order valence-electron chi connectivity index (χ2n) is 5.36. The lowest BCUT2D eigenvalue weighted by Gasteiger charge is -2.15. The molecule has 2 fully saturated rings. The highest BCUT2D eigenvalue weighted by atomic mass is 32.1. The molecule has 0 radical (unpaired) electrons. The van der Waals surface area contributed by atoms with E-state index in [1.807, 2.05) is 17.9 Å². The van der Waals surface area contributed by atoms with E-state index in [9.17, 15) is 9.59 Å². The first kappa shape index (κ1) is 12.7. The molecule has 102 valence electrons. The highest BCUT2D eigenvalue weighted by Gasteiger charge is 2.39. The number of hydrogen-bond acceptors (Lipinski definition) is 4. The van der Waals surface area contributed by atoms with Crippen LogP contribution in [0.15, 0.2) is 12.1 Å². The molecule has 4 nitrogen and oxygen atoms in total. The van der Waals surface area contributed by atoms with Gasteiger partial charge in [0.05, 0.1) is 6.61 Å². The van der Waals surface area contributed by atoms with Crippen LogP contribution < -0.4 is 0 Å². The fourth-order valence-corrected chi connectivity index (χ4v) is 3.23. The highest BCUT2D eigenvalue weighted by molar-refractivity contribution is 7.13. The third kappa shape index (κ3) is 2.81. The molecular formula is C14H17NO3S. The van der Waals surface area contributed by atoms with E-state index in [0.717, 1.165) is 24.3 Å². The number of likely N-dealkylation sites (tertiary alicyclic amines) is 1. The Labute approximate surface area is 116 Å². The van der Waals surface area contributed by atoms with Crippen LogP contribution in [0.25, 0.3) is 0 Å². The molecule has 5 heteroatoms. The zero-order chi connectivity index (χ0) is 13.4. The summed E-state index contributed by atoms with van der Waals surface area (Å²) in [7, 11) is 0. The molecule has 1 amide bonds. The van der Waals surface area contributed by atoms with Crippen LogP contribution in [0.5, 0.6) is 0 Å². The van der Waals surface area contributed by atoms with Crippen molar-refractivity contribution in [2.24, 2.45) is 5.92 Å². The molecule has 0 spiro atoms. The Balaban J connectivity index is 1.50. The van der Waals surface area contributed by atoms with Crippen LogP contribution in [0, 0.1) is 12.8 Å². The minimum atomic E-state index is -0.268. The summed E-state index contributed by atoms with van der Waals surface area (Å²) in [5, 5.41) is 0. The molecule has 2 heterocycles. The third-order valence-electron chi connectivity index (χ3n) is 3.62. The largest absolute Gasteiger partial charge is 0.461 e. The van der Waals surface area contributed by atoms with Crippen molar-refractivity contribution in [2.45, 2.75) is 32.2 Å². The SMILES string of the molecule is Cc1ccc(C(=O)OC[C@H]2CC(=O)N(C3CC3)C2)s1. The molecule has 0 aromatic carbocycles. The number of aryl methyl sites for hydroxylation is 1. The minimum Gasteiger partial charge on any atom is -0.461 e. The molecular weight excluding hydrogens is 262 g/mol. The van der Waals surface area contributed by atoms with Crippen LogP contribution in [0.3, 0.4) is 0 Å². The molecule has 3 rings (SSSR count). The first-order valence-corrected chi connectivity index (χ1v) is 7.48. The maximum absolute atomic E-state index is 11.8. The standard InChI is InChI=1S/C14H17NO3S/c1-9-2-5-12(19-9)14(17)18-8-10-6-13(16)15(7-10)11-3-4-11/h2,5,10-11H,3-4,6-8H2,1H3/t10-/m0/s1. The summed E-state index contributed by atoms with van der Waals surface area (Å²) in [5.41, 5.74) is 0. The number of nitrogens with zero attached hydrogens (tertiary/aromatic N) is 1. The van der Waals surface area contributed by atoms with E-state index in [1.165, 1.54) is 11.3 Å². The van der Waals surface area contributed by atoms with Crippen molar-refractivity contribution < 1.29 is 14.3 Å². The molecule has 0 bridgehead atoms. The van der Waals surface area contributed by atoms with E-state index >= 15 is 0 Å². The Kier molecular flexibility index (Phi) is 3.31. The summed E-state index contributed by atoms with van der Waals surface area (Å²) in [6.07, 6.45) is 2.78. The molecule has 0 unspecified atom stereocenters. The first-order valence-electron chi connectivity index (χ1n) is 6.66. The van der Waals surface area contributed by atoms with Gasteiger partial charge in [0.15, 0.2) is 0 Å². The number of hydrogen-bond donors (Lipinski definition) is 0. The maximum atomic E-state index is 11.8. The van der Waals surface area contributed by atoms with Gasteiger partial charge in [-0.05, 0) is 31.9 Å². The molecule has 0 N–H and O–H groups in total. The van der Waals surface area contributed by atoms with Gasteiger partial charge in [0.2, 0.25) is 5.91 Å². The van der Waals surface area contributed by atoms with E-state index in [2.05, 4.69) is 0 Å². The van der Waals surface area contributed by atoms with Crippen molar-refractivity contribution in [3.8, 4) is 0 Å². The van der Waals surface area contributed by atoms with Gasteiger partial charge in [-0.15, -0.1) is 11.3 Å². The second kappa shape index (κ2) is 4.96. The van der Waals surface area contributed by atoms with E-state index in [1.54, 1.807) is 6.07 Å². The lowest BCUT2D eigenvalue weighted by Crippen LogP contribution is -2.27. The summed E-state index contributed by atoms with van der Waals surface area (Å²) in [5.74, 6) is 0.115. The van der Waals surface area contributed by atoms with Crippen LogP contribution in [-0.4, -0.2) is 36.0 Å². The van der Waals surface area contributed by atoms with Gasteiger partial charge in [-0.2, -0.15) is 0 Å². The highest BCUT2D eigenvalue weighted by Crippen LogP contribution is 2.32. The molecule has 1 aromatic rings. The molecule has 1 aliphatic carbocycles. The van der Waals surface area contributed by atoms with Crippen LogP contribution in [0.4, 0.5) is 0 Å². The number of amides is 1. The Hall–Kier alpha value is -1.36. The van der Waals surface area contributed by atoms with Crippen molar-refractivity contribution in [1.29, 1.82) is 0 Å². The van der Waals surface area contributed by atoms with Crippen molar-refractivity contribution >= 4 is 23.2 Å². The Morgan fingerprint density at radius 1 is 1.47 bits per heavy atom. The first-order chi connectivity index (χ1) is 9.13. The maximum Gasteiger partial charge on any atom is 0.348 e. The lowest BCUT2D eigenvalue weighted by molar-refractivity contribution is -0.128. The zero-order valence-corrected chi connectivity index (χ0v) is 11.7. The minimum absolute atomic E-state index is 0.165. The molecule has 1 saturated heterocycles. The van der Waals surface area contributed by atoms with Crippen LogP contribution in [-0.2, 0) is 9.53 Å². The van der Waals surface area contributed by atoms with Crippen molar-refractivity contribution in [2.75, 3.05) is 13.2 Å². The Morgan fingerprint density at radius 3 is 2.89 bits per heavy atom. The molecule has 1 aromatic heterocycles. The molecule has 19 heavy (non-hydrogen) atoms. The summed E-state index contributed by atoms with van der Waals surface area (Å²) < 4.78 is 5.31.